The molecule has 0 radical (unpaired) electrons. The quantitative estimate of drug-likeness (QED) is 0.0197. The Morgan fingerprint density at radius 2 is 0.911 bits per heavy atom. The van der Waals surface area contributed by atoms with Crippen molar-refractivity contribution < 1.29 is 42.1 Å². The fourth-order valence-electron chi connectivity index (χ4n) is 6.59. The summed E-state index contributed by atoms with van der Waals surface area (Å²) in [6, 6.07) is 0. The van der Waals surface area contributed by atoms with E-state index in [0.29, 0.717) is 17.4 Å². The van der Waals surface area contributed by atoms with Gasteiger partial charge in [-0.1, -0.05) is 180 Å². The Hall–Kier alpha value is -1.25. The van der Waals surface area contributed by atoms with E-state index in [0.717, 1.165) is 51.4 Å². The normalized spacial score (nSPS) is 13.6. The Kier molecular flexibility index (Phi) is 38.3. The number of carbonyl (C=O) groups is 2. The summed E-state index contributed by atoms with van der Waals surface area (Å²) in [5.74, 6) is -0.833. The van der Waals surface area contributed by atoms with Crippen LogP contribution in [0, 0.1) is 0 Å². The molecule has 0 spiro atoms. The summed E-state index contributed by atoms with van der Waals surface area (Å²) in [7, 11) is 1.17. The average molecular weight is 816 g/mol. The van der Waals surface area contributed by atoms with Gasteiger partial charge in [-0.2, -0.15) is 0 Å². The topological polar surface area (TPSA) is 111 Å². The number of esters is 2. The summed E-state index contributed by atoms with van der Waals surface area (Å²) in [6.07, 6.45) is 40.9. The van der Waals surface area contributed by atoms with Gasteiger partial charge in [0.05, 0.1) is 27.7 Å². The number of unbranched alkanes of at least 4 members (excludes halogenated alkanes) is 27. The number of phosphoric acid groups is 1. The van der Waals surface area contributed by atoms with E-state index in [1.807, 2.05) is 21.1 Å². The summed E-state index contributed by atoms with van der Waals surface area (Å²) in [5.41, 5.74) is 0. The molecule has 56 heavy (non-hydrogen) atoms. The first-order chi connectivity index (χ1) is 27.0. The van der Waals surface area contributed by atoms with Crippen molar-refractivity contribution in [3.63, 3.8) is 0 Å². The molecule has 0 N–H and O–H groups in total. The summed E-state index contributed by atoms with van der Waals surface area (Å²) in [5, 5.41) is 0. The van der Waals surface area contributed by atoms with Crippen LogP contribution >= 0.6 is 7.82 Å². The number of likely N-dealkylation sites (N-methyl/N-ethyl adjacent to an activating group) is 1. The van der Waals surface area contributed by atoms with Crippen LogP contribution in [-0.2, 0) is 32.7 Å². The molecule has 0 aliphatic heterocycles. The molecule has 332 valence electrons. The van der Waals surface area contributed by atoms with Crippen LogP contribution in [-0.4, -0.2) is 70.0 Å². The molecule has 0 bridgehead atoms. The zero-order chi connectivity index (χ0) is 41.4. The Balaban J connectivity index is 4.30. The zero-order valence-electron chi connectivity index (χ0n) is 37.3. The minimum Gasteiger partial charge on any atom is -0.756 e. The molecule has 0 fully saturated rings. The highest BCUT2D eigenvalue weighted by Crippen LogP contribution is 2.38. The van der Waals surface area contributed by atoms with Crippen molar-refractivity contribution in [3.8, 4) is 0 Å². The first kappa shape index (κ1) is 54.8. The Morgan fingerprint density at radius 3 is 1.32 bits per heavy atom. The number of nitrogens with zero attached hydrogens (tertiary/aromatic N) is 1. The minimum atomic E-state index is -4.62. The third-order valence-electron chi connectivity index (χ3n) is 10.3. The highest BCUT2D eigenvalue weighted by Gasteiger charge is 2.21. The average Bonchev–Trinajstić information content (AvgIpc) is 3.15. The highest BCUT2D eigenvalue weighted by atomic mass is 31.2. The van der Waals surface area contributed by atoms with Gasteiger partial charge in [0, 0.05) is 12.8 Å². The molecule has 0 aromatic carbocycles. The molecule has 0 aromatic heterocycles. The zero-order valence-corrected chi connectivity index (χ0v) is 38.2. The van der Waals surface area contributed by atoms with Gasteiger partial charge in [0.1, 0.15) is 19.8 Å². The first-order valence-electron chi connectivity index (χ1n) is 23.4. The Morgan fingerprint density at radius 1 is 0.536 bits per heavy atom. The van der Waals surface area contributed by atoms with Gasteiger partial charge >= 0.3 is 11.9 Å². The predicted octanol–water partition coefficient (Wildman–Crippen LogP) is 12.7. The second-order valence-corrected chi connectivity index (χ2v) is 18.5. The largest absolute Gasteiger partial charge is 0.756 e. The van der Waals surface area contributed by atoms with Gasteiger partial charge < -0.3 is 27.9 Å². The maximum Gasteiger partial charge on any atom is 0.306 e. The molecule has 0 heterocycles. The van der Waals surface area contributed by atoms with Crippen molar-refractivity contribution in [2.75, 3.05) is 47.5 Å². The van der Waals surface area contributed by atoms with Crippen LogP contribution < -0.4 is 4.89 Å². The third-order valence-corrected chi connectivity index (χ3v) is 11.2. The van der Waals surface area contributed by atoms with Crippen LogP contribution in [0.15, 0.2) is 12.2 Å². The van der Waals surface area contributed by atoms with E-state index >= 15 is 0 Å². The molecule has 0 aliphatic rings. The number of quaternary nitrogens is 1. The van der Waals surface area contributed by atoms with E-state index in [-0.39, 0.29) is 32.0 Å². The van der Waals surface area contributed by atoms with E-state index in [1.54, 1.807) is 0 Å². The second kappa shape index (κ2) is 39.2. The fourth-order valence-corrected chi connectivity index (χ4v) is 7.32. The first-order valence-corrected chi connectivity index (χ1v) is 24.9. The number of hydrogen-bond acceptors (Lipinski definition) is 8. The molecule has 0 saturated carbocycles. The van der Waals surface area contributed by atoms with Crippen LogP contribution in [0.4, 0.5) is 0 Å². The van der Waals surface area contributed by atoms with E-state index in [9.17, 15) is 19.0 Å². The SMILES string of the molecule is CCCCCCCC/C=C/CCCCCCCC(=O)OCC(COP(=O)([O-])OCC[N+](C)(C)C)OC(=O)CCCCCCCCCCCCCCCCCCC. The van der Waals surface area contributed by atoms with Crippen molar-refractivity contribution in [1.82, 2.24) is 0 Å². The van der Waals surface area contributed by atoms with E-state index in [4.69, 9.17) is 18.5 Å². The number of carbonyl (C=O) groups excluding carboxylic acids is 2. The molecule has 2 unspecified atom stereocenters. The monoisotopic (exact) mass is 816 g/mol. The molecule has 0 rings (SSSR count). The molecular weight excluding hydrogens is 725 g/mol. The lowest BCUT2D eigenvalue weighted by Gasteiger charge is -2.28. The summed E-state index contributed by atoms with van der Waals surface area (Å²) < 4.78 is 33.9. The van der Waals surface area contributed by atoms with Crippen molar-refractivity contribution in [2.24, 2.45) is 0 Å². The minimum absolute atomic E-state index is 0.0288. The smallest absolute Gasteiger partial charge is 0.306 e. The Labute approximate surface area is 346 Å². The van der Waals surface area contributed by atoms with Gasteiger partial charge in [-0.05, 0) is 38.5 Å². The number of rotatable bonds is 43. The van der Waals surface area contributed by atoms with Gasteiger partial charge in [0.25, 0.3) is 7.82 Å². The van der Waals surface area contributed by atoms with Crippen molar-refractivity contribution >= 4 is 19.8 Å². The second-order valence-electron chi connectivity index (χ2n) is 17.1. The third kappa shape index (κ3) is 42.4. The maximum atomic E-state index is 12.7. The number of phosphoric ester groups is 1. The lowest BCUT2D eigenvalue weighted by molar-refractivity contribution is -0.870. The van der Waals surface area contributed by atoms with Crippen LogP contribution in [0.2, 0.25) is 0 Å². The summed E-state index contributed by atoms with van der Waals surface area (Å²) >= 11 is 0. The van der Waals surface area contributed by atoms with Gasteiger partial charge in [0.15, 0.2) is 6.10 Å². The van der Waals surface area contributed by atoms with Gasteiger partial charge in [-0.15, -0.1) is 0 Å². The molecule has 9 nitrogen and oxygen atoms in total. The molecule has 0 aromatic rings. The fraction of sp³-hybridized carbons (Fsp3) is 0.913. The molecule has 10 heteroatoms. The van der Waals surface area contributed by atoms with E-state index < -0.39 is 26.5 Å². The van der Waals surface area contributed by atoms with Crippen molar-refractivity contribution in [2.45, 2.75) is 225 Å². The number of ether oxygens (including phenoxy) is 2. The maximum absolute atomic E-state index is 12.7. The van der Waals surface area contributed by atoms with Crippen molar-refractivity contribution in [3.05, 3.63) is 12.2 Å². The summed E-state index contributed by atoms with van der Waals surface area (Å²) in [6.45, 7) is 4.24. The molecule has 2 atom stereocenters. The molecular formula is C46H90NO8P. The van der Waals surface area contributed by atoms with Crippen LogP contribution in [0.5, 0.6) is 0 Å². The lowest BCUT2D eigenvalue weighted by atomic mass is 10.0. The lowest BCUT2D eigenvalue weighted by Crippen LogP contribution is -2.37. The van der Waals surface area contributed by atoms with Crippen LogP contribution in [0.1, 0.15) is 219 Å². The van der Waals surface area contributed by atoms with Crippen molar-refractivity contribution in [1.29, 1.82) is 0 Å². The number of allylic oxidation sites excluding steroid dienone is 2. The standard InChI is InChI=1S/C46H90NO8P/c1-6-8-10-12-14-16-18-20-22-23-25-27-29-31-33-35-37-39-46(49)55-44(43-54-56(50,51)53-41-40-47(3,4)5)42-52-45(48)38-36-34-32-30-28-26-24-21-19-17-15-13-11-9-7-2/h21,24,44H,6-20,22-23,25-43H2,1-5H3/b24-21+. The predicted molar refractivity (Wildman–Crippen MR) is 231 cm³/mol. The van der Waals surface area contributed by atoms with E-state index in [1.165, 1.54) is 135 Å². The van der Waals surface area contributed by atoms with Crippen LogP contribution in [0.25, 0.3) is 0 Å². The highest BCUT2D eigenvalue weighted by molar-refractivity contribution is 7.45. The van der Waals surface area contributed by atoms with E-state index in [2.05, 4.69) is 26.0 Å². The molecule has 0 amide bonds. The van der Waals surface area contributed by atoms with Gasteiger partial charge in [0.2, 0.25) is 0 Å². The summed E-state index contributed by atoms with van der Waals surface area (Å²) in [4.78, 5) is 37.6. The van der Waals surface area contributed by atoms with Gasteiger partial charge in [-0.25, -0.2) is 0 Å². The molecule has 0 aliphatic carbocycles. The number of hydrogen-bond donors (Lipinski definition) is 0. The molecule has 0 saturated heterocycles. The van der Waals surface area contributed by atoms with Gasteiger partial charge in [-0.3, -0.25) is 14.2 Å². The van der Waals surface area contributed by atoms with Crippen LogP contribution in [0.3, 0.4) is 0 Å². The Bertz CT molecular complexity index is 969.